The summed E-state index contributed by atoms with van der Waals surface area (Å²) < 4.78 is 0. The van der Waals surface area contributed by atoms with E-state index in [9.17, 15) is 4.79 Å². The zero-order valence-electron chi connectivity index (χ0n) is 14.7. The molecule has 4 rings (SSSR count). The van der Waals surface area contributed by atoms with Gasteiger partial charge in [-0.1, -0.05) is 18.2 Å². The fourth-order valence-corrected chi connectivity index (χ4v) is 4.77. The molecule has 1 N–H and O–H groups in total. The van der Waals surface area contributed by atoms with Crippen molar-refractivity contribution in [1.82, 2.24) is 10.2 Å². The summed E-state index contributed by atoms with van der Waals surface area (Å²) in [6.07, 6.45) is 2.41. The number of anilines is 1. The van der Waals surface area contributed by atoms with Crippen molar-refractivity contribution >= 4 is 22.9 Å². The van der Waals surface area contributed by atoms with Crippen molar-refractivity contribution in [2.24, 2.45) is 0 Å². The minimum absolute atomic E-state index is 0.0586. The fourth-order valence-electron chi connectivity index (χ4n) is 3.98. The number of hydrogen-bond acceptors (Lipinski definition) is 4. The van der Waals surface area contributed by atoms with Crippen molar-refractivity contribution in [1.29, 1.82) is 0 Å². The van der Waals surface area contributed by atoms with Gasteiger partial charge in [-0.05, 0) is 43.5 Å². The first-order chi connectivity index (χ1) is 12.2. The number of nitrogens with one attached hydrogen (secondary N) is 1. The molecular weight excluding hydrogens is 330 g/mol. The smallest absolute Gasteiger partial charge is 0.261 e. The van der Waals surface area contributed by atoms with Gasteiger partial charge in [0.05, 0.1) is 4.88 Å². The van der Waals surface area contributed by atoms with Crippen molar-refractivity contribution in [3.8, 4) is 0 Å². The van der Waals surface area contributed by atoms with Crippen LogP contribution in [-0.2, 0) is 6.42 Å². The van der Waals surface area contributed by atoms with Crippen LogP contribution >= 0.6 is 11.3 Å². The van der Waals surface area contributed by atoms with Crippen LogP contribution in [0.3, 0.4) is 0 Å². The lowest BCUT2D eigenvalue weighted by atomic mass is 9.94. The molecule has 1 atom stereocenters. The maximum Gasteiger partial charge on any atom is 0.261 e. The molecule has 0 saturated carbocycles. The van der Waals surface area contributed by atoms with E-state index in [0.717, 1.165) is 37.6 Å². The highest BCUT2D eigenvalue weighted by atomic mass is 32.1. The normalized spacial score (nSPS) is 20.0. The topological polar surface area (TPSA) is 35.6 Å². The Morgan fingerprint density at radius 1 is 1.24 bits per heavy atom. The second-order valence-electron chi connectivity index (χ2n) is 6.98. The number of fused-ring (bicyclic) bond motifs is 3. The highest BCUT2D eigenvalue weighted by molar-refractivity contribution is 7.13. The molecule has 1 saturated heterocycles. The number of rotatable bonds is 4. The summed E-state index contributed by atoms with van der Waals surface area (Å²) in [4.78, 5) is 19.2. The number of carbonyl (C=O) groups excluding carboxylic acids is 1. The summed E-state index contributed by atoms with van der Waals surface area (Å²) in [5.41, 5.74) is 2.92. The Hall–Kier alpha value is -1.85. The van der Waals surface area contributed by atoms with E-state index in [2.05, 4.69) is 39.4 Å². The zero-order chi connectivity index (χ0) is 17.2. The van der Waals surface area contributed by atoms with Crippen molar-refractivity contribution in [3.05, 3.63) is 51.7 Å². The van der Waals surface area contributed by atoms with Gasteiger partial charge in [0.2, 0.25) is 0 Å². The van der Waals surface area contributed by atoms with Crippen molar-refractivity contribution in [2.75, 3.05) is 37.6 Å². The van der Waals surface area contributed by atoms with Crippen LogP contribution < -0.4 is 10.2 Å². The molecule has 1 fully saturated rings. The van der Waals surface area contributed by atoms with E-state index in [-0.39, 0.29) is 5.91 Å². The second-order valence-corrected chi connectivity index (χ2v) is 8.27. The van der Waals surface area contributed by atoms with Gasteiger partial charge in [-0.15, -0.1) is 11.3 Å². The summed E-state index contributed by atoms with van der Waals surface area (Å²) in [5.74, 6) is 0.0586. The van der Waals surface area contributed by atoms with Crippen LogP contribution in [0, 0.1) is 6.92 Å². The SMILES string of the molecule is Cc1ccc(C(=O)NCCN2CCN3c4ccccc4CCC3C2)s1. The molecule has 4 nitrogen and oxygen atoms in total. The zero-order valence-corrected chi connectivity index (χ0v) is 15.5. The largest absolute Gasteiger partial charge is 0.366 e. The molecule has 1 aromatic heterocycles. The first-order valence-corrected chi connectivity index (χ1v) is 9.94. The third-order valence-corrected chi connectivity index (χ3v) is 6.29. The summed E-state index contributed by atoms with van der Waals surface area (Å²) in [5, 5.41) is 3.06. The molecule has 1 aromatic carbocycles. The van der Waals surface area contributed by atoms with Gasteiger partial charge < -0.3 is 10.2 Å². The van der Waals surface area contributed by atoms with Gasteiger partial charge >= 0.3 is 0 Å². The molecule has 0 bridgehead atoms. The van der Waals surface area contributed by atoms with E-state index >= 15 is 0 Å². The maximum absolute atomic E-state index is 12.1. The number of para-hydroxylation sites is 1. The highest BCUT2D eigenvalue weighted by Crippen LogP contribution is 2.32. The molecule has 2 aromatic rings. The second kappa shape index (κ2) is 7.18. The van der Waals surface area contributed by atoms with E-state index in [1.807, 2.05) is 19.1 Å². The Morgan fingerprint density at radius 3 is 2.96 bits per heavy atom. The molecule has 1 unspecified atom stereocenters. The average Bonchev–Trinajstić information content (AvgIpc) is 3.08. The number of thiophene rings is 1. The van der Waals surface area contributed by atoms with E-state index in [1.165, 1.54) is 29.0 Å². The van der Waals surface area contributed by atoms with Crippen LogP contribution in [0.1, 0.15) is 26.5 Å². The molecule has 5 heteroatoms. The van der Waals surface area contributed by atoms with E-state index in [1.54, 1.807) is 11.3 Å². The Kier molecular flexibility index (Phi) is 4.77. The lowest BCUT2D eigenvalue weighted by Crippen LogP contribution is -2.56. The summed E-state index contributed by atoms with van der Waals surface area (Å²) in [6.45, 7) is 6.94. The summed E-state index contributed by atoms with van der Waals surface area (Å²) >= 11 is 1.56. The Balaban J connectivity index is 1.28. The third kappa shape index (κ3) is 3.58. The number of aryl methyl sites for hydroxylation is 2. The third-order valence-electron chi connectivity index (χ3n) is 5.29. The Bertz CT molecular complexity index is 757. The monoisotopic (exact) mass is 355 g/mol. The number of amides is 1. The van der Waals surface area contributed by atoms with Crippen LogP contribution in [-0.4, -0.2) is 49.6 Å². The lowest BCUT2D eigenvalue weighted by molar-refractivity contribution is 0.0950. The van der Waals surface area contributed by atoms with Crippen molar-refractivity contribution < 1.29 is 4.79 Å². The van der Waals surface area contributed by atoms with Crippen molar-refractivity contribution in [2.45, 2.75) is 25.8 Å². The van der Waals surface area contributed by atoms with Crippen LogP contribution in [0.15, 0.2) is 36.4 Å². The molecule has 132 valence electrons. The first-order valence-electron chi connectivity index (χ1n) is 9.12. The predicted octanol–water partition coefficient (Wildman–Crippen LogP) is 2.92. The number of nitrogens with zero attached hydrogens (tertiary/aromatic N) is 2. The van der Waals surface area contributed by atoms with Gasteiger partial charge in [0.1, 0.15) is 0 Å². The molecular formula is C20H25N3OS. The molecule has 0 spiro atoms. The van der Waals surface area contributed by atoms with E-state index in [4.69, 9.17) is 0 Å². The quantitative estimate of drug-likeness (QED) is 0.916. The lowest BCUT2D eigenvalue weighted by Gasteiger charge is -2.46. The van der Waals surface area contributed by atoms with Crippen LogP contribution in [0.4, 0.5) is 5.69 Å². The molecule has 2 aliphatic rings. The van der Waals surface area contributed by atoms with Gasteiger partial charge in [0.25, 0.3) is 5.91 Å². The first kappa shape index (κ1) is 16.6. The van der Waals surface area contributed by atoms with Crippen LogP contribution in [0.5, 0.6) is 0 Å². The molecule has 2 aliphatic heterocycles. The van der Waals surface area contributed by atoms with Gasteiger partial charge in [-0.2, -0.15) is 0 Å². The molecule has 0 radical (unpaired) electrons. The molecule has 25 heavy (non-hydrogen) atoms. The molecule has 0 aliphatic carbocycles. The number of benzene rings is 1. The summed E-state index contributed by atoms with van der Waals surface area (Å²) in [7, 11) is 0. The van der Waals surface area contributed by atoms with Gasteiger partial charge in [-0.3, -0.25) is 9.69 Å². The summed E-state index contributed by atoms with van der Waals surface area (Å²) in [6, 6.07) is 13.3. The predicted molar refractivity (Wildman–Crippen MR) is 104 cm³/mol. The Morgan fingerprint density at radius 2 is 2.12 bits per heavy atom. The Labute approximate surface area is 153 Å². The van der Waals surface area contributed by atoms with Gasteiger partial charge in [-0.25, -0.2) is 0 Å². The minimum Gasteiger partial charge on any atom is -0.366 e. The van der Waals surface area contributed by atoms with E-state index in [0.29, 0.717) is 6.04 Å². The van der Waals surface area contributed by atoms with E-state index < -0.39 is 0 Å². The average molecular weight is 356 g/mol. The molecule has 1 amide bonds. The fraction of sp³-hybridized carbons (Fsp3) is 0.450. The number of carbonyl (C=O) groups is 1. The number of piperazine rings is 1. The highest BCUT2D eigenvalue weighted by Gasteiger charge is 2.31. The van der Waals surface area contributed by atoms with Crippen LogP contribution in [0.2, 0.25) is 0 Å². The minimum atomic E-state index is 0.0586. The maximum atomic E-state index is 12.1. The van der Waals surface area contributed by atoms with Gasteiger partial charge in [0.15, 0.2) is 0 Å². The standard InChI is InChI=1S/C20H25N3OS/c1-15-6-9-19(25-15)20(24)21-10-11-22-12-13-23-17(14-22)8-7-16-4-2-3-5-18(16)23/h2-6,9,17H,7-8,10-14H2,1H3,(H,21,24). The number of hydrogen-bond donors (Lipinski definition) is 1. The van der Waals surface area contributed by atoms with Crippen LogP contribution in [0.25, 0.3) is 0 Å². The molecule has 3 heterocycles. The van der Waals surface area contributed by atoms with Crippen molar-refractivity contribution in [3.63, 3.8) is 0 Å². The van der Waals surface area contributed by atoms with Gasteiger partial charge in [0, 0.05) is 49.3 Å².